The molecule has 0 radical (unpaired) electrons. The lowest BCUT2D eigenvalue weighted by Gasteiger charge is -2.24. The lowest BCUT2D eigenvalue weighted by atomic mass is 10.1. The fourth-order valence-corrected chi connectivity index (χ4v) is 4.09. The van der Waals surface area contributed by atoms with E-state index in [0.717, 1.165) is 10.6 Å². The number of non-ortho nitro benzene ring substituents is 1. The van der Waals surface area contributed by atoms with Crippen molar-refractivity contribution in [1.82, 2.24) is 14.9 Å². The summed E-state index contributed by atoms with van der Waals surface area (Å²) in [6.07, 6.45) is 5.24. The van der Waals surface area contributed by atoms with Gasteiger partial charge in [0, 0.05) is 42.2 Å². The molecule has 0 saturated heterocycles. The fraction of sp³-hybridized carbons (Fsp3) is 0.143. The highest BCUT2D eigenvalue weighted by atomic mass is 32.1. The topological polar surface area (TPSA) is 118 Å². The van der Waals surface area contributed by atoms with Crippen LogP contribution in [0.15, 0.2) is 54.7 Å². The Bertz CT molecular complexity index is 1160. The smallest absolute Gasteiger partial charge is 0.276 e. The van der Waals surface area contributed by atoms with Crippen molar-refractivity contribution in [2.45, 2.75) is 13.0 Å². The number of pyridine rings is 1. The van der Waals surface area contributed by atoms with E-state index >= 15 is 0 Å². The Morgan fingerprint density at radius 3 is 2.71 bits per heavy atom. The Morgan fingerprint density at radius 2 is 2.00 bits per heavy atom. The van der Waals surface area contributed by atoms with Gasteiger partial charge in [0.15, 0.2) is 5.13 Å². The van der Waals surface area contributed by atoms with E-state index in [1.54, 1.807) is 47.5 Å². The summed E-state index contributed by atoms with van der Waals surface area (Å²) in [6, 6.07) is 11.1. The second-order valence-electron chi connectivity index (χ2n) is 6.75. The standard InChI is InChI=1S/C21H17N5O4S/c27-19(9-6-14-4-7-15(8-5-14)26(29)30)25-12-10-16-18(13-25)31-21(23-16)24-20(28)17-3-1-2-11-22-17/h1-9,11H,10,12-13H2,(H,23,24,28)/b9-6+. The SMILES string of the molecule is O=C(Nc1nc2c(s1)CN(C(=O)/C=C/c1ccc([N+](=O)[O-])cc1)CC2)c1ccccn1. The first kappa shape index (κ1) is 20.4. The molecule has 0 aliphatic carbocycles. The van der Waals surface area contributed by atoms with E-state index in [1.807, 2.05) is 0 Å². The summed E-state index contributed by atoms with van der Waals surface area (Å²) < 4.78 is 0. The van der Waals surface area contributed by atoms with Gasteiger partial charge in [-0.1, -0.05) is 17.4 Å². The molecule has 10 heteroatoms. The molecular formula is C21H17N5O4S. The molecule has 9 nitrogen and oxygen atoms in total. The summed E-state index contributed by atoms with van der Waals surface area (Å²) in [6.45, 7) is 0.934. The molecule has 1 aromatic carbocycles. The highest BCUT2D eigenvalue weighted by Crippen LogP contribution is 2.28. The highest BCUT2D eigenvalue weighted by molar-refractivity contribution is 7.15. The first-order chi connectivity index (χ1) is 15.0. The number of amides is 2. The highest BCUT2D eigenvalue weighted by Gasteiger charge is 2.23. The molecule has 2 aromatic heterocycles. The quantitative estimate of drug-likeness (QED) is 0.373. The van der Waals surface area contributed by atoms with E-state index in [2.05, 4.69) is 15.3 Å². The summed E-state index contributed by atoms with van der Waals surface area (Å²) in [5.74, 6) is -0.484. The molecular weight excluding hydrogens is 418 g/mol. The molecule has 1 N–H and O–H groups in total. The van der Waals surface area contributed by atoms with Gasteiger partial charge in [-0.05, 0) is 35.9 Å². The van der Waals surface area contributed by atoms with Crippen LogP contribution in [0.4, 0.5) is 10.8 Å². The van der Waals surface area contributed by atoms with Crippen molar-refractivity contribution in [3.05, 3.63) is 86.7 Å². The van der Waals surface area contributed by atoms with Crippen LogP contribution < -0.4 is 5.32 Å². The second kappa shape index (κ2) is 8.84. The van der Waals surface area contributed by atoms with Crippen LogP contribution in [-0.4, -0.2) is 38.2 Å². The van der Waals surface area contributed by atoms with Crippen molar-refractivity contribution in [3.8, 4) is 0 Å². The third-order valence-electron chi connectivity index (χ3n) is 4.68. The number of rotatable bonds is 5. The number of hydrogen-bond donors (Lipinski definition) is 1. The van der Waals surface area contributed by atoms with Gasteiger partial charge in [0.05, 0.1) is 17.2 Å². The molecule has 1 aliphatic rings. The van der Waals surface area contributed by atoms with Crippen molar-refractivity contribution in [1.29, 1.82) is 0 Å². The first-order valence-corrected chi connectivity index (χ1v) is 10.2. The number of nitrogens with zero attached hydrogens (tertiary/aromatic N) is 4. The Kier molecular flexibility index (Phi) is 5.80. The molecule has 3 aromatic rings. The van der Waals surface area contributed by atoms with Gasteiger partial charge in [-0.2, -0.15) is 0 Å². The van der Waals surface area contributed by atoms with Crippen LogP contribution >= 0.6 is 11.3 Å². The molecule has 156 valence electrons. The number of anilines is 1. The van der Waals surface area contributed by atoms with Gasteiger partial charge in [-0.25, -0.2) is 4.98 Å². The van der Waals surface area contributed by atoms with E-state index in [4.69, 9.17) is 0 Å². The third-order valence-corrected chi connectivity index (χ3v) is 5.68. The number of nitro groups is 1. The molecule has 0 fully saturated rings. The lowest BCUT2D eigenvalue weighted by Crippen LogP contribution is -2.34. The average Bonchev–Trinajstić information content (AvgIpc) is 3.19. The minimum Gasteiger partial charge on any atom is -0.334 e. The maximum absolute atomic E-state index is 12.6. The zero-order valence-corrected chi connectivity index (χ0v) is 17.0. The number of thiazole rings is 1. The molecule has 4 rings (SSSR count). The lowest BCUT2D eigenvalue weighted by molar-refractivity contribution is -0.384. The molecule has 0 saturated carbocycles. The molecule has 1 aliphatic heterocycles. The molecule has 3 heterocycles. The van der Waals surface area contributed by atoms with E-state index in [-0.39, 0.29) is 17.5 Å². The molecule has 0 atom stereocenters. The molecule has 31 heavy (non-hydrogen) atoms. The molecule has 0 spiro atoms. The van der Waals surface area contributed by atoms with E-state index in [9.17, 15) is 19.7 Å². The Morgan fingerprint density at radius 1 is 1.19 bits per heavy atom. The first-order valence-electron chi connectivity index (χ1n) is 9.42. The van der Waals surface area contributed by atoms with Gasteiger partial charge in [-0.15, -0.1) is 0 Å². The van der Waals surface area contributed by atoms with Crippen LogP contribution in [-0.2, 0) is 17.8 Å². The number of fused-ring (bicyclic) bond motifs is 1. The summed E-state index contributed by atoms with van der Waals surface area (Å²) in [5.41, 5.74) is 1.89. The Hall–Kier alpha value is -3.92. The number of aromatic nitrogens is 2. The maximum atomic E-state index is 12.6. The summed E-state index contributed by atoms with van der Waals surface area (Å²) in [4.78, 5) is 46.2. The van der Waals surface area contributed by atoms with Crippen molar-refractivity contribution in [2.24, 2.45) is 0 Å². The van der Waals surface area contributed by atoms with Crippen molar-refractivity contribution in [3.63, 3.8) is 0 Å². The zero-order chi connectivity index (χ0) is 21.8. The predicted octanol–water partition coefficient (Wildman–Crippen LogP) is 3.30. The molecule has 2 amide bonds. The summed E-state index contributed by atoms with van der Waals surface area (Å²) in [5, 5.41) is 14.0. The van der Waals surface area contributed by atoms with Crippen molar-refractivity contribution >= 4 is 40.0 Å². The summed E-state index contributed by atoms with van der Waals surface area (Å²) >= 11 is 1.35. The second-order valence-corrected chi connectivity index (χ2v) is 7.83. The van der Waals surface area contributed by atoms with Gasteiger partial charge < -0.3 is 4.90 Å². The number of carbonyl (C=O) groups excluding carboxylic acids is 2. The fourth-order valence-electron chi connectivity index (χ4n) is 3.08. The maximum Gasteiger partial charge on any atom is 0.276 e. The Labute approximate surface area is 181 Å². The monoisotopic (exact) mass is 435 g/mol. The number of nitro benzene ring substituents is 1. The van der Waals surface area contributed by atoms with Gasteiger partial charge in [0.1, 0.15) is 5.69 Å². The van der Waals surface area contributed by atoms with Crippen LogP contribution in [0.2, 0.25) is 0 Å². The van der Waals surface area contributed by atoms with Crippen LogP contribution in [0.3, 0.4) is 0 Å². The number of benzene rings is 1. The zero-order valence-electron chi connectivity index (χ0n) is 16.2. The van der Waals surface area contributed by atoms with E-state index in [1.165, 1.54) is 29.5 Å². The van der Waals surface area contributed by atoms with Gasteiger partial charge in [0.2, 0.25) is 5.91 Å². The molecule has 0 unspecified atom stereocenters. The van der Waals surface area contributed by atoms with E-state index in [0.29, 0.717) is 35.9 Å². The predicted molar refractivity (Wildman–Crippen MR) is 116 cm³/mol. The van der Waals surface area contributed by atoms with Crippen molar-refractivity contribution < 1.29 is 14.5 Å². The van der Waals surface area contributed by atoms with Crippen LogP contribution in [0.1, 0.15) is 26.6 Å². The minimum absolute atomic E-state index is 0.00294. The number of hydrogen-bond acceptors (Lipinski definition) is 7. The molecule has 0 bridgehead atoms. The van der Waals surface area contributed by atoms with Crippen LogP contribution in [0, 0.1) is 10.1 Å². The van der Waals surface area contributed by atoms with Crippen LogP contribution in [0.5, 0.6) is 0 Å². The largest absolute Gasteiger partial charge is 0.334 e. The third kappa shape index (κ3) is 4.81. The van der Waals surface area contributed by atoms with E-state index < -0.39 is 4.92 Å². The van der Waals surface area contributed by atoms with Gasteiger partial charge in [-0.3, -0.25) is 30.0 Å². The number of carbonyl (C=O) groups is 2. The summed E-state index contributed by atoms with van der Waals surface area (Å²) in [7, 11) is 0. The van der Waals surface area contributed by atoms with Gasteiger partial charge in [0.25, 0.3) is 11.6 Å². The number of nitrogens with one attached hydrogen (secondary N) is 1. The Balaban J connectivity index is 1.38. The average molecular weight is 435 g/mol. The van der Waals surface area contributed by atoms with Gasteiger partial charge >= 0.3 is 0 Å². The minimum atomic E-state index is -0.466. The van der Waals surface area contributed by atoms with Crippen LogP contribution in [0.25, 0.3) is 6.08 Å². The normalized spacial score (nSPS) is 13.1. The van der Waals surface area contributed by atoms with Crippen molar-refractivity contribution in [2.75, 3.05) is 11.9 Å².